The Balaban J connectivity index is 2.23. The van der Waals surface area contributed by atoms with Crippen LogP contribution in [0.15, 0.2) is 48.5 Å². The molecule has 3 nitrogen and oxygen atoms in total. The number of hydrogen-bond donors (Lipinski definition) is 1. The zero-order valence-electron chi connectivity index (χ0n) is 9.71. The first-order valence-corrected chi connectivity index (χ1v) is 5.59. The van der Waals surface area contributed by atoms with Crippen LogP contribution in [-0.4, -0.2) is 22.8 Å². The molecule has 0 aliphatic carbocycles. The molecule has 0 unspecified atom stereocenters. The van der Waals surface area contributed by atoms with E-state index in [1.807, 2.05) is 42.5 Å². The number of aromatic nitrogens is 1. The standard InChI is InChI=1S/C14H15NO2/c1-11(10-16)17-14-9-5-8-13(15-14)12-6-3-2-4-7-12/h2-9,11,16H,10H2,1H3/t11-/m1/s1. The maximum Gasteiger partial charge on any atom is 0.214 e. The van der Waals surface area contributed by atoms with E-state index in [0.717, 1.165) is 11.3 Å². The van der Waals surface area contributed by atoms with Crippen LogP contribution < -0.4 is 4.74 Å². The molecule has 1 aromatic carbocycles. The third kappa shape index (κ3) is 3.04. The zero-order valence-corrected chi connectivity index (χ0v) is 9.71. The number of aliphatic hydroxyl groups excluding tert-OH is 1. The first-order valence-electron chi connectivity index (χ1n) is 5.59. The Hall–Kier alpha value is -1.87. The van der Waals surface area contributed by atoms with E-state index in [-0.39, 0.29) is 12.7 Å². The Bertz CT molecular complexity index is 471. The molecule has 2 aromatic rings. The summed E-state index contributed by atoms with van der Waals surface area (Å²) in [5.41, 5.74) is 1.92. The minimum atomic E-state index is -0.242. The smallest absolute Gasteiger partial charge is 0.214 e. The first-order chi connectivity index (χ1) is 8.29. The van der Waals surface area contributed by atoms with Crippen molar-refractivity contribution in [3.63, 3.8) is 0 Å². The molecule has 0 aliphatic heterocycles. The number of ether oxygens (including phenoxy) is 1. The average molecular weight is 229 g/mol. The van der Waals surface area contributed by atoms with Gasteiger partial charge in [0.25, 0.3) is 0 Å². The first kappa shape index (κ1) is 11.6. The molecule has 1 atom stereocenters. The van der Waals surface area contributed by atoms with Crippen molar-refractivity contribution in [1.82, 2.24) is 4.98 Å². The van der Waals surface area contributed by atoms with Crippen LogP contribution in [0.25, 0.3) is 11.3 Å². The Morgan fingerprint density at radius 2 is 1.88 bits per heavy atom. The van der Waals surface area contributed by atoms with Crippen molar-refractivity contribution in [1.29, 1.82) is 0 Å². The summed E-state index contributed by atoms with van der Waals surface area (Å²) in [5.74, 6) is 0.535. The van der Waals surface area contributed by atoms with Gasteiger partial charge in [0.1, 0.15) is 6.10 Å². The van der Waals surface area contributed by atoms with Crippen molar-refractivity contribution in [2.24, 2.45) is 0 Å². The zero-order chi connectivity index (χ0) is 12.1. The molecular weight excluding hydrogens is 214 g/mol. The highest BCUT2D eigenvalue weighted by molar-refractivity contribution is 5.59. The number of aliphatic hydroxyl groups is 1. The summed E-state index contributed by atoms with van der Waals surface area (Å²) >= 11 is 0. The van der Waals surface area contributed by atoms with E-state index in [9.17, 15) is 0 Å². The van der Waals surface area contributed by atoms with E-state index in [1.165, 1.54) is 0 Å². The largest absolute Gasteiger partial charge is 0.472 e. The molecule has 0 fully saturated rings. The van der Waals surface area contributed by atoms with Gasteiger partial charge in [-0.1, -0.05) is 36.4 Å². The Kier molecular flexibility index (Phi) is 3.73. The summed E-state index contributed by atoms with van der Waals surface area (Å²) in [7, 11) is 0. The second-order valence-corrected chi connectivity index (χ2v) is 3.84. The van der Waals surface area contributed by atoms with Gasteiger partial charge in [0.2, 0.25) is 5.88 Å². The van der Waals surface area contributed by atoms with Crippen molar-refractivity contribution in [3.05, 3.63) is 48.5 Å². The second kappa shape index (κ2) is 5.46. The van der Waals surface area contributed by atoms with Gasteiger partial charge in [-0.25, -0.2) is 4.98 Å². The predicted molar refractivity (Wildman–Crippen MR) is 66.8 cm³/mol. The molecule has 3 heteroatoms. The Morgan fingerprint density at radius 3 is 2.59 bits per heavy atom. The molecule has 0 amide bonds. The molecule has 0 spiro atoms. The molecule has 1 heterocycles. The maximum atomic E-state index is 8.93. The van der Waals surface area contributed by atoms with E-state index in [2.05, 4.69) is 4.98 Å². The Morgan fingerprint density at radius 1 is 1.12 bits per heavy atom. The number of nitrogens with zero attached hydrogens (tertiary/aromatic N) is 1. The molecule has 0 saturated carbocycles. The third-order valence-electron chi connectivity index (χ3n) is 2.37. The molecule has 0 aliphatic rings. The van der Waals surface area contributed by atoms with Crippen LogP contribution in [0.1, 0.15) is 6.92 Å². The second-order valence-electron chi connectivity index (χ2n) is 3.84. The van der Waals surface area contributed by atoms with Crippen LogP contribution in [0.4, 0.5) is 0 Å². The number of hydrogen-bond acceptors (Lipinski definition) is 3. The van der Waals surface area contributed by atoms with E-state index < -0.39 is 0 Å². The summed E-state index contributed by atoms with van der Waals surface area (Å²) in [6.07, 6.45) is -0.242. The predicted octanol–water partition coefficient (Wildman–Crippen LogP) is 2.51. The minimum Gasteiger partial charge on any atom is -0.472 e. The highest BCUT2D eigenvalue weighted by Gasteiger charge is 2.04. The van der Waals surface area contributed by atoms with Gasteiger partial charge in [-0.3, -0.25) is 0 Å². The minimum absolute atomic E-state index is 0.0166. The number of rotatable bonds is 4. The lowest BCUT2D eigenvalue weighted by Gasteiger charge is -2.11. The van der Waals surface area contributed by atoms with Gasteiger partial charge >= 0.3 is 0 Å². The Labute approximate surface area is 101 Å². The van der Waals surface area contributed by atoms with Gasteiger partial charge in [-0.15, -0.1) is 0 Å². The number of benzene rings is 1. The van der Waals surface area contributed by atoms with Crippen molar-refractivity contribution < 1.29 is 9.84 Å². The van der Waals surface area contributed by atoms with Gasteiger partial charge < -0.3 is 9.84 Å². The fourth-order valence-electron chi connectivity index (χ4n) is 1.49. The molecule has 17 heavy (non-hydrogen) atoms. The van der Waals surface area contributed by atoms with Crippen LogP contribution in [0.3, 0.4) is 0 Å². The topological polar surface area (TPSA) is 42.4 Å². The van der Waals surface area contributed by atoms with Crippen LogP contribution in [0.5, 0.6) is 5.88 Å². The molecule has 2 rings (SSSR count). The van der Waals surface area contributed by atoms with Crippen LogP contribution >= 0.6 is 0 Å². The van der Waals surface area contributed by atoms with Gasteiger partial charge in [-0.05, 0) is 13.0 Å². The van der Waals surface area contributed by atoms with Crippen molar-refractivity contribution >= 4 is 0 Å². The van der Waals surface area contributed by atoms with Crippen molar-refractivity contribution in [3.8, 4) is 17.1 Å². The fourth-order valence-corrected chi connectivity index (χ4v) is 1.49. The summed E-state index contributed by atoms with van der Waals surface area (Å²) in [4.78, 5) is 4.40. The van der Waals surface area contributed by atoms with E-state index >= 15 is 0 Å². The molecule has 1 N–H and O–H groups in total. The molecular formula is C14H15NO2. The van der Waals surface area contributed by atoms with Crippen LogP contribution in [0.2, 0.25) is 0 Å². The van der Waals surface area contributed by atoms with Gasteiger partial charge in [0.15, 0.2) is 0 Å². The lowest BCUT2D eigenvalue weighted by atomic mass is 10.1. The molecule has 0 bridgehead atoms. The van der Waals surface area contributed by atoms with Crippen molar-refractivity contribution in [2.45, 2.75) is 13.0 Å². The monoisotopic (exact) mass is 229 g/mol. The molecule has 0 saturated heterocycles. The van der Waals surface area contributed by atoms with Crippen LogP contribution in [-0.2, 0) is 0 Å². The van der Waals surface area contributed by atoms with Gasteiger partial charge in [0.05, 0.1) is 12.3 Å². The summed E-state index contributed by atoms with van der Waals surface area (Å²) < 4.78 is 5.46. The average Bonchev–Trinajstić information content (AvgIpc) is 2.40. The normalized spacial score (nSPS) is 12.1. The summed E-state index contributed by atoms with van der Waals surface area (Å²) in [6.45, 7) is 1.79. The highest BCUT2D eigenvalue weighted by atomic mass is 16.5. The van der Waals surface area contributed by atoms with E-state index in [0.29, 0.717) is 5.88 Å². The lowest BCUT2D eigenvalue weighted by molar-refractivity contribution is 0.125. The van der Waals surface area contributed by atoms with Gasteiger partial charge in [0, 0.05) is 11.6 Å². The highest BCUT2D eigenvalue weighted by Crippen LogP contribution is 2.19. The third-order valence-corrected chi connectivity index (χ3v) is 2.37. The SMILES string of the molecule is C[C@H](CO)Oc1cccc(-c2ccccc2)n1. The maximum absolute atomic E-state index is 8.93. The number of pyridine rings is 1. The molecule has 1 aromatic heterocycles. The van der Waals surface area contributed by atoms with E-state index in [4.69, 9.17) is 9.84 Å². The fraction of sp³-hybridized carbons (Fsp3) is 0.214. The van der Waals surface area contributed by atoms with E-state index in [1.54, 1.807) is 13.0 Å². The lowest BCUT2D eigenvalue weighted by Crippen LogP contribution is -2.16. The van der Waals surface area contributed by atoms with Crippen LogP contribution in [0, 0.1) is 0 Å². The van der Waals surface area contributed by atoms with Crippen molar-refractivity contribution in [2.75, 3.05) is 6.61 Å². The molecule has 0 radical (unpaired) electrons. The van der Waals surface area contributed by atoms with Gasteiger partial charge in [-0.2, -0.15) is 0 Å². The summed E-state index contributed by atoms with van der Waals surface area (Å²) in [5, 5.41) is 8.93. The molecule has 88 valence electrons. The quantitative estimate of drug-likeness (QED) is 0.875. The summed E-state index contributed by atoms with van der Waals surface area (Å²) in [6, 6.07) is 15.5.